The van der Waals surface area contributed by atoms with Crippen LogP contribution in [0.3, 0.4) is 0 Å². The van der Waals surface area contributed by atoms with Gasteiger partial charge < -0.3 is 19.3 Å². The number of β-amino-alcohol motifs (C(OH)–C–C–N with tert-alkyl or cyclic N) is 1. The van der Waals surface area contributed by atoms with E-state index in [-0.39, 0.29) is 0 Å². The standard InChI is InChI=1S/C22H30N2O4/c1-26-20-10-9-18(21(27-2)22(20)28-3)15-23-11-13-24(14-12-23)16-19(25)17-7-5-4-6-8-17/h4-10,19,25H,11-16H2,1-3H3. The van der Waals surface area contributed by atoms with Crippen molar-refractivity contribution >= 4 is 0 Å². The van der Waals surface area contributed by atoms with Gasteiger partial charge in [0, 0.05) is 44.8 Å². The molecule has 3 rings (SSSR count). The molecule has 1 unspecified atom stereocenters. The van der Waals surface area contributed by atoms with E-state index in [9.17, 15) is 5.11 Å². The van der Waals surface area contributed by atoms with Crippen molar-refractivity contribution in [3.8, 4) is 17.2 Å². The highest BCUT2D eigenvalue weighted by atomic mass is 16.5. The molecular formula is C22H30N2O4. The number of hydrogen-bond acceptors (Lipinski definition) is 6. The molecule has 0 spiro atoms. The smallest absolute Gasteiger partial charge is 0.203 e. The first-order chi connectivity index (χ1) is 13.7. The van der Waals surface area contributed by atoms with E-state index in [1.807, 2.05) is 42.5 Å². The lowest BCUT2D eigenvalue weighted by atomic mass is 10.1. The van der Waals surface area contributed by atoms with Gasteiger partial charge in [-0.2, -0.15) is 0 Å². The molecule has 0 aromatic heterocycles. The zero-order valence-electron chi connectivity index (χ0n) is 16.9. The van der Waals surface area contributed by atoms with E-state index in [0.29, 0.717) is 18.0 Å². The minimum absolute atomic E-state index is 0.446. The van der Waals surface area contributed by atoms with Gasteiger partial charge in [-0.05, 0) is 11.6 Å². The lowest BCUT2D eigenvalue weighted by Crippen LogP contribution is -2.47. The van der Waals surface area contributed by atoms with E-state index in [2.05, 4.69) is 9.80 Å². The number of aliphatic hydroxyl groups is 1. The molecule has 2 aromatic carbocycles. The highest BCUT2D eigenvalue weighted by Gasteiger charge is 2.22. The highest BCUT2D eigenvalue weighted by Crippen LogP contribution is 2.40. The van der Waals surface area contributed by atoms with E-state index in [1.165, 1.54) is 0 Å². The van der Waals surface area contributed by atoms with Crippen molar-refractivity contribution in [1.82, 2.24) is 9.80 Å². The van der Waals surface area contributed by atoms with E-state index >= 15 is 0 Å². The van der Waals surface area contributed by atoms with Gasteiger partial charge >= 0.3 is 0 Å². The molecule has 0 radical (unpaired) electrons. The predicted molar refractivity (Wildman–Crippen MR) is 109 cm³/mol. The molecule has 0 bridgehead atoms. The summed E-state index contributed by atoms with van der Waals surface area (Å²) in [6.45, 7) is 5.20. The Morgan fingerprint density at radius 1 is 0.821 bits per heavy atom. The zero-order valence-corrected chi connectivity index (χ0v) is 16.9. The van der Waals surface area contributed by atoms with Crippen LogP contribution < -0.4 is 14.2 Å². The minimum Gasteiger partial charge on any atom is -0.493 e. The maximum absolute atomic E-state index is 10.5. The average molecular weight is 386 g/mol. The fourth-order valence-electron chi connectivity index (χ4n) is 3.68. The summed E-state index contributed by atoms with van der Waals surface area (Å²) < 4.78 is 16.4. The number of benzene rings is 2. The molecule has 152 valence electrons. The average Bonchev–Trinajstić information content (AvgIpc) is 2.75. The van der Waals surface area contributed by atoms with Gasteiger partial charge in [-0.1, -0.05) is 36.4 Å². The van der Waals surface area contributed by atoms with Crippen molar-refractivity contribution in [2.75, 3.05) is 54.1 Å². The molecular weight excluding hydrogens is 356 g/mol. The zero-order chi connectivity index (χ0) is 19.9. The summed E-state index contributed by atoms with van der Waals surface area (Å²) in [5, 5.41) is 10.5. The van der Waals surface area contributed by atoms with Crippen LogP contribution in [0.15, 0.2) is 42.5 Å². The topological polar surface area (TPSA) is 54.4 Å². The van der Waals surface area contributed by atoms with Crippen LogP contribution in [-0.2, 0) is 6.54 Å². The van der Waals surface area contributed by atoms with E-state index < -0.39 is 6.10 Å². The SMILES string of the molecule is COc1ccc(CN2CCN(CC(O)c3ccccc3)CC2)c(OC)c1OC. The normalized spacial score (nSPS) is 16.6. The fourth-order valence-corrected chi connectivity index (χ4v) is 3.68. The third kappa shape index (κ3) is 4.76. The Morgan fingerprint density at radius 3 is 2.07 bits per heavy atom. The Kier molecular flexibility index (Phi) is 7.14. The Hall–Kier alpha value is -2.28. The molecule has 28 heavy (non-hydrogen) atoms. The Morgan fingerprint density at radius 2 is 1.46 bits per heavy atom. The van der Waals surface area contributed by atoms with Crippen LogP contribution in [0, 0.1) is 0 Å². The summed E-state index contributed by atoms with van der Waals surface area (Å²) in [5.74, 6) is 2.03. The van der Waals surface area contributed by atoms with Crippen molar-refractivity contribution in [3.05, 3.63) is 53.6 Å². The molecule has 1 N–H and O–H groups in total. The second-order valence-electron chi connectivity index (χ2n) is 7.00. The summed E-state index contributed by atoms with van der Waals surface area (Å²) in [7, 11) is 4.91. The summed E-state index contributed by atoms with van der Waals surface area (Å²) in [5.41, 5.74) is 2.05. The molecule has 1 heterocycles. The van der Waals surface area contributed by atoms with Crippen LogP contribution in [0.4, 0.5) is 0 Å². The van der Waals surface area contributed by atoms with Crippen molar-refractivity contribution in [2.24, 2.45) is 0 Å². The van der Waals surface area contributed by atoms with Gasteiger partial charge in [-0.25, -0.2) is 0 Å². The first-order valence-corrected chi connectivity index (χ1v) is 9.61. The lowest BCUT2D eigenvalue weighted by molar-refractivity contribution is 0.0698. The van der Waals surface area contributed by atoms with Gasteiger partial charge in [0.2, 0.25) is 5.75 Å². The van der Waals surface area contributed by atoms with Gasteiger partial charge in [0.1, 0.15) is 0 Å². The molecule has 1 atom stereocenters. The quantitative estimate of drug-likeness (QED) is 0.753. The lowest BCUT2D eigenvalue weighted by Gasteiger charge is -2.36. The number of aliphatic hydroxyl groups excluding tert-OH is 1. The maximum Gasteiger partial charge on any atom is 0.203 e. The second-order valence-corrected chi connectivity index (χ2v) is 7.00. The van der Waals surface area contributed by atoms with Crippen molar-refractivity contribution < 1.29 is 19.3 Å². The van der Waals surface area contributed by atoms with Crippen LogP contribution in [-0.4, -0.2) is 69.0 Å². The van der Waals surface area contributed by atoms with Crippen molar-refractivity contribution in [2.45, 2.75) is 12.6 Å². The van der Waals surface area contributed by atoms with Gasteiger partial charge in [-0.3, -0.25) is 9.80 Å². The second kappa shape index (κ2) is 9.78. The Bertz CT molecular complexity index is 746. The Balaban J connectivity index is 1.57. The largest absolute Gasteiger partial charge is 0.493 e. The molecule has 1 aliphatic rings. The van der Waals surface area contributed by atoms with Gasteiger partial charge in [-0.15, -0.1) is 0 Å². The summed E-state index contributed by atoms with van der Waals surface area (Å²) in [6, 6.07) is 13.8. The number of hydrogen-bond donors (Lipinski definition) is 1. The van der Waals surface area contributed by atoms with Gasteiger partial charge in [0.05, 0.1) is 27.4 Å². The molecule has 0 amide bonds. The molecule has 1 fully saturated rings. The molecule has 1 aliphatic heterocycles. The van der Waals surface area contributed by atoms with Crippen molar-refractivity contribution in [3.63, 3.8) is 0 Å². The van der Waals surface area contributed by atoms with E-state index in [0.717, 1.165) is 49.6 Å². The molecule has 0 aliphatic carbocycles. The maximum atomic E-state index is 10.5. The monoisotopic (exact) mass is 386 g/mol. The minimum atomic E-state index is -0.446. The molecule has 2 aromatic rings. The van der Waals surface area contributed by atoms with E-state index in [4.69, 9.17) is 14.2 Å². The number of piperazine rings is 1. The van der Waals surface area contributed by atoms with Gasteiger partial charge in [0.25, 0.3) is 0 Å². The third-order valence-electron chi connectivity index (χ3n) is 5.26. The van der Waals surface area contributed by atoms with Crippen LogP contribution in [0.2, 0.25) is 0 Å². The molecule has 1 saturated heterocycles. The predicted octanol–water partition coefficient (Wildman–Crippen LogP) is 2.56. The third-order valence-corrected chi connectivity index (χ3v) is 5.26. The Labute approximate surface area is 167 Å². The number of ether oxygens (including phenoxy) is 3. The summed E-state index contributed by atoms with van der Waals surface area (Å²) in [6.07, 6.45) is -0.446. The van der Waals surface area contributed by atoms with Crippen LogP contribution in [0.5, 0.6) is 17.2 Å². The highest BCUT2D eigenvalue weighted by molar-refractivity contribution is 5.55. The fraction of sp³-hybridized carbons (Fsp3) is 0.455. The van der Waals surface area contributed by atoms with Crippen LogP contribution in [0.25, 0.3) is 0 Å². The van der Waals surface area contributed by atoms with E-state index in [1.54, 1.807) is 21.3 Å². The number of rotatable bonds is 8. The molecule has 0 saturated carbocycles. The molecule has 6 nitrogen and oxygen atoms in total. The van der Waals surface area contributed by atoms with Crippen molar-refractivity contribution in [1.29, 1.82) is 0 Å². The number of methoxy groups -OCH3 is 3. The first kappa shape index (κ1) is 20.5. The first-order valence-electron chi connectivity index (χ1n) is 9.61. The van der Waals surface area contributed by atoms with Crippen LogP contribution >= 0.6 is 0 Å². The number of nitrogens with zero attached hydrogens (tertiary/aromatic N) is 2. The van der Waals surface area contributed by atoms with Crippen LogP contribution in [0.1, 0.15) is 17.2 Å². The molecule has 6 heteroatoms. The summed E-state index contributed by atoms with van der Waals surface area (Å²) in [4.78, 5) is 4.72. The van der Waals surface area contributed by atoms with Gasteiger partial charge in [0.15, 0.2) is 11.5 Å². The summed E-state index contributed by atoms with van der Waals surface area (Å²) >= 11 is 0.